The van der Waals surface area contributed by atoms with E-state index in [9.17, 15) is 14.4 Å². The molecule has 1 unspecified atom stereocenters. The number of rotatable bonds is 5. The number of likely N-dealkylation sites (tertiary alicyclic amines) is 1. The molecule has 1 saturated carbocycles. The van der Waals surface area contributed by atoms with Crippen molar-refractivity contribution in [3.63, 3.8) is 0 Å². The van der Waals surface area contributed by atoms with Crippen LogP contribution < -0.4 is 5.56 Å². The number of hydrogen-bond acceptors (Lipinski definition) is 4. The SMILES string of the molecule is O=C(O)Cn1cccc(C(=O)N2CCCC(OC3CCC3)CC2)c1=O. The quantitative estimate of drug-likeness (QED) is 0.871. The van der Waals surface area contributed by atoms with E-state index in [0.29, 0.717) is 19.2 Å². The molecule has 0 bridgehead atoms. The van der Waals surface area contributed by atoms with Gasteiger partial charge in [0.2, 0.25) is 0 Å². The molecule has 0 aromatic carbocycles. The van der Waals surface area contributed by atoms with Gasteiger partial charge in [-0.2, -0.15) is 0 Å². The van der Waals surface area contributed by atoms with Crippen LogP contribution in [-0.4, -0.2) is 51.7 Å². The zero-order valence-corrected chi connectivity index (χ0v) is 14.2. The molecule has 25 heavy (non-hydrogen) atoms. The van der Waals surface area contributed by atoms with Crippen LogP contribution in [0.15, 0.2) is 23.1 Å². The van der Waals surface area contributed by atoms with Crippen LogP contribution in [0.3, 0.4) is 0 Å². The van der Waals surface area contributed by atoms with Gasteiger partial charge in [-0.25, -0.2) is 0 Å². The maximum atomic E-state index is 12.7. The lowest BCUT2D eigenvalue weighted by Crippen LogP contribution is -2.38. The van der Waals surface area contributed by atoms with Crippen molar-refractivity contribution in [1.82, 2.24) is 9.47 Å². The smallest absolute Gasteiger partial charge is 0.323 e. The lowest BCUT2D eigenvalue weighted by Gasteiger charge is -2.30. The van der Waals surface area contributed by atoms with Gasteiger partial charge in [-0.3, -0.25) is 14.4 Å². The summed E-state index contributed by atoms with van der Waals surface area (Å²) in [6.45, 7) is 0.706. The number of aromatic nitrogens is 1. The van der Waals surface area contributed by atoms with Crippen LogP contribution in [0.2, 0.25) is 0 Å². The average molecular weight is 348 g/mol. The van der Waals surface area contributed by atoms with Crippen molar-refractivity contribution in [1.29, 1.82) is 0 Å². The summed E-state index contributed by atoms with van der Waals surface area (Å²) in [7, 11) is 0. The highest BCUT2D eigenvalue weighted by molar-refractivity contribution is 5.93. The van der Waals surface area contributed by atoms with Gasteiger partial charge in [-0.05, 0) is 50.7 Å². The van der Waals surface area contributed by atoms with Crippen molar-refractivity contribution in [3.8, 4) is 0 Å². The number of carboxylic acid groups (broad SMARTS) is 1. The summed E-state index contributed by atoms with van der Waals surface area (Å²) in [5.41, 5.74) is -0.525. The van der Waals surface area contributed by atoms with Crippen LogP contribution in [0.5, 0.6) is 0 Å². The third-order valence-electron chi connectivity index (χ3n) is 4.96. The standard InChI is InChI=1S/C18H24N2O5/c21-16(22)12-20-10-3-7-15(18(20)24)17(23)19-9-2-6-14(8-11-19)25-13-4-1-5-13/h3,7,10,13-14H,1-2,4-6,8-9,11-12H2,(H,21,22). The summed E-state index contributed by atoms with van der Waals surface area (Å²) >= 11 is 0. The molecule has 0 spiro atoms. The average Bonchev–Trinajstić information content (AvgIpc) is 2.77. The maximum absolute atomic E-state index is 12.7. The van der Waals surface area contributed by atoms with Gasteiger partial charge in [0.15, 0.2) is 0 Å². The van der Waals surface area contributed by atoms with E-state index in [0.717, 1.165) is 36.7 Å². The Bertz CT molecular complexity index is 695. The number of aliphatic carboxylic acids is 1. The van der Waals surface area contributed by atoms with Gasteiger partial charge in [0.05, 0.1) is 12.2 Å². The zero-order valence-electron chi connectivity index (χ0n) is 14.2. The van der Waals surface area contributed by atoms with E-state index in [1.807, 2.05) is 0 Å². The van der Waals surface area contributed by atoms with Crippen LogP contribution in [0.1, 0.15) is 48.9 Å². The molecule has 1 aliphatic heterocycles. The summed E-state index contributed by atoms with van der Waals surface area (Å²) in [6, 6.07) is 3.01. The van der Waals surface area contributed by atoms with Gasteiger partial charge >= 0.3 is 5.97 Å². The minimum absolute atomic E-state index is 0.0297. The number of nitrogens with zero attached hydrogens (tertiary/aromatic N) is 2. The van der Waals surface area contributed by atoms with Crippen LogP contribution in [0.25, 0.3) is 0 Å². The molecule has 1 N–H and O–H groups in total. The number of pyridine rings is 1. The lowest BCUT2D eigenvalue weighted by molar-refractivity contribution is -0.137. The molecule has 1 aromatic heterocycles. The van der Waals surface area contributed by atoms with E-state index in [1.54, 1.807) is 4.90 Å². The Kier molecular flexibility index (Phi) is 5.53. The molecule has 1 aromatic rings. The van der Waals surface area contributed by atoms with Gasteiger partial charge in [0, 0.05) is 19.3 Å². The van der Waals surface area contributed by atoms with Gasteiger partial charge in [-0.1, -0.05) is 0 Å². The molecule has 1 amide bonds. The molecule has 7 heteroatoms. The normalized spacial score (nSPS) is 21.4. The van der Waals surface area contributed by atoms with E-state index >= 15 is 0 Å². The zero-order chi connectivity index (χ0) is 17.8. The first kappa shape index (κ1) is 17.7. The van der Waals surface area contributed by atoms with Crippen molar-refractivity contribution < 1.29 is 19.4 Å². The second kappa shape index (κ2) is 7.82. The fourth-order valence-electron chi connectivity index (χ4n) is 3.32. The molecular formula is C18H24N2O5. The second-order valence-electron chi connectivity index (χ2n) is 6.78. The minimum Gasteiger partial charge on any atom is -0.480 e. The molecule has 0 radical (unpaired) electrons. The van der Waals surface area contributed by atoms with Crippen LogP contribution in [-0.2, 0) is 16.1 Å². The molecule has 2 aliphatic rings. The van der Waals surface area contributed by atoms with Gasteiger partial charge in [0.25, 0.3) is 11.5 Å². The molecule has 136 valence electrons. The summed E-state index contributed by atoms with van der Waals surface area (Å²) in [5.74, 6) is -1.44. The fourth-order valence-corrected chi connectivity index (χ4v) is 3.32. The van der Waals surface area contributed by atoms with E-state index in [1.165, 1.54) is 24.8 Å². The topological polar surface area (TPSA) is 88.8 Å². The van der Waals surface area contributed by atoms with Gasteiger partial charge in [-0.15, -0.1) is 0 Å². The highest BCUT2D eigenvalue weighted by Gasteiger charge is 2.27. The first-order valence-corrected chi connectivity index (χ1v) is 8.90. The van der Waals surface area contributed by atoms with E-state index in [-0.39, 0.29) is 17.6 Å². The van der Waals surface area contributed by atoms with Gasteiger partial charge < -0.3 is 19.3 Å². The molecule has 7 nitrogen and oxygen atoms in total. The van der Waals surface area contributed by atoms with Crippen molar-refractivity contribution >= 4 is 11.9 Å². The number of hydrogen-bond donors (Lipinski definition) is 1. The Hall–Kier alpha value is -2.15. The third kappa shape index (κ3) is 4.28. The molecule has 1 aliphatic carbocycles. The number of carbonyl (C=O) groups excluding carboxylic acids is 1. The number of carboxylic acids is 1. The Labute approximate surface area is 146 Å². The van der Waals surface area contributed by atoms with Crippen molar-refractivity contribution in [2.24, 2.45) is 0 Å². The Morgan fingerprint density at radius 3 is 2.52 bits per heavy atom. The van der Waals surface area contributed by atoms with Crippen LogP contribution >= 0.6 is 0 Å². The summed E-state index contributed by atoms with van der Waals surface area (Å²) in [6.07, 6.45) is 8.00. The van der Waals surface area contributed by atoms with Crippen molar-refractivity contribution in [3.05, 3.63) is 34.2 Å². The number of amides is 1. The highest BCUT2D eigenvalue weighted by Crippen LogP contribution is 2.26. The molecule has 2 fully saturated rings. The Balaban J connectivity index is 1.66. The third-order valence-corrected chi connectivity index (χ3v) is 4.96. The second-order valence-corrected chi connectivity index (χ2v) is 6.78. The molecular weight excluding hydrogens is 324 g/mol. The van der Waals surface area contributed by atoms with Crippen molar-refractivity contribution in [2.75, 3.05) is 13.1 Å². The lowest BCUT2D eigenvalue weighted by atomic mass is 9.95. The summed E-state index contributed by atoms with van der Waals surface area (Å²) < 4.78 is 7.11. The first-order valence-electron chi connectivity index (χ1n) is 8.90. The molecule has 1 saturated heterocycles. The van der Waals surface area contributed by atoms with Crippen LogP contribution in [0.4, 0.5) is 0 Å². The fraction of sp³-hybridized carbons (Fsp3) is 0.611. The Morgan fingerprint density at radius 1 is 1.12 bits per heavy atom. The summed E-state index contributed by atoms with van der Waals surface area (Å²) in [4.78, 5) is 37.6. The largest absolute Gasteiger partial charge is 0.480 e. The highest BCUT2D eigenvalue weighted by atomic mass is 16.5. The van der Waals surface area contributed by atoms with Crippen LogP contribution in [0, 0.1) is 0 Å². The number of ether oxygens (including phenoxy) is 1. The predicted molar refractivity (Wildman–Crippen MR) is 90.6 cm³/mol. The Morgan fingerprint density at radius 2 is 1.84 bits per heavy atom. The molecule has 2 heterocycles. The number of carbonyl (C=O) groups is 2. The van der Waals surface area contributed by atoms with E-state index in [2.05, 4.69) is 0 Å². The van der Waals surface area contributed by atoms with E-state index < -0.39 is 18.1 Å². The summed E-state index contributed by atoms with van der Waals surface area (Å²) in [5, 5.41) is 8.86. The minimum atomic E-state index is -1.11. The molecule has 1 atom stereocenters. The monoisotopic (exact) mass is 348 g/mol. The van der Waals surface area contributed by atoms with Crippen molar-refractivity contribution in [2.45, 2.75) is 57.3 Å². The first-order chi connectivity index (χ1) is 12.0. The molecule has 3 rings (SSSR count). The maximum Gasteiger partial charge on any atom is 0.323 e. The predicted octanol–water partition coefficient (Wildman–Crippen LogP) is 1.50. The van der Waals surface area contributed by atoms with Gasteiger partial charge in [0.1, 0.15) is 12.1 Å². The van der Waals surface area contributed by atoms with E-state index in [4.69, 9.17) is 9.84 Å².